The number of methoxy groups -OCH3 is 1. The minimum absolute atomic E-state index is 0.270. The van der Waals surface area contributed by atoms with Crippen LogP contribution < -0.4 is 15.5 Å². The van der Waals surface area contributed by atoms with E-state index in [0.29, 0.717) is 10.8 Å². The molecule has 0 fully saturated rings. The van der Waals surface area contributed by atoms with Crippen LogP contribution in [0.1, 0.15) is 21.5 Å². The fraction of sp³-hybridized carbons (Fsp3) is 0.133. The molecule has 3 N–H and O–H groups in total. The Morgan fingerprint density at radius 1 is 1.30 bits per heavy atom. The molecule has 1 heterocycles. The number of benzene rings is 1. The lowest BCUT2D eigenvalue weighted by Crippen LogP contribution is -2.24. The molecule has 0 unspecified atom stereocenters. The molecular weight excluding hydrogens is 334 g/mol. The highest BCUT2D eigenvalue weighted by atomic mass is 32.1. The Balaban J connectivity index is 1.97. The summed E-state index contributed by atoms with van der Waals surface area (Å²) in [5, 5.41) is 16.4. The SMILES string of the molecule is COc1cccc(NC(=S)N/N=C(/C)c2ccc(C(=O)O)s2)c1. The topological polar surface area (TPSA) is 83.0 Å². The molecule has 2 aromatic rings. The first-order valence-electron chi connectivity index (χ1n) is 6.58. The van der Waals surface area contributed by atoms with E-state index in [0.717, 1.165) is 27.7 Å². The second-order valence-corrected chi connectivity index (χ2v) is 5.96. The van der Waals surface area contributed by atoms with Gasteiger partial charge in [-0.2, -0.15) is 5.10 Å². The highest BCUT2D eigenvalue weighted by molar-refractivity contribution is 7.80. The van der Waals surface area contributed by atoms with Gasteiger partial charge in [-0.15, -0.1) is 11.3 Å². The molecule has 23 heavy (non-hydrogen) atoms. The van der Waals surface area contributed by atoms with Gasteiger partial charge in [-0.05, 0) is 43.4 Å². The van der Waals surface area contributed by atoms with E-state index in [1.54, 1.807) is 26.2 Å². The summed E-state index contributed by atoms with van der Waals surface area (Å²) in [6.45, 7) is 1.78. The number of nitrogens with one attached hydrogen (secondary N) is 2. The number of thiocarbonyl (C=S) groups is 1. The third-order valence-electron chi connectivity index (χ3n) is 2.83. The highest BCUT2D eigenvalue weighted by Gasteiger charge is 2.08. The molecule has 6 nitrogen and oxygen atoms in total. The van der Waals surface area contributed by atoms with Crippen molar-refractivity contribution >= 4 is 46.0 Å². The van der Waals surface area contributed by atoms with E-state index in [1.165, 1.54) is 0 Å². The largest absolute Gasteiger partial charge is 0.497 e. The predicted octanol–water partition coefficient (Wildman–Crippen LogP) is 3.17. The Bertz CT molecular complexity index is 756. The van der Waals surface area contributed by atoms with E-state index >= 15 is 0 Å². The molecule has 0 aliphatic rings. The average Bonchev–Trinajstić information content (AvgIpc) is 3.03. The lowest BCUT2D eigenvalue weighted by Gasteiger charge is -2.08. The lowest BCUT2D eigenvalue weighted by molar-refractivity contribution is 0.0702. The van der Waals surface area contributed by atoms with Gasteiger partial charge in [0, 0.05) is 11.8 Å². The molecule has 0 radical (unpaired) electrons. The standard InChI is InChI=1S/C15H15N3O3S2/c1-9(12-6-7-13(23-12)14(19)20)17-18-15(22)16-10-4-3-5-11(8-10)21-2/h3-8H,1-2H3,(H,19,20)(H2,16,18,22)/b17-9-. The van der Waals surface area contributed by atoms with Gasteiger partial charge in [0.2, 0.25) is 0 Å². The zero-order chi connectivity index (χ0) is 16.8. The maximum absolute atomic E-state index is 10.9. The first-order chi connectivity index (χ1) is 11.0. The number of carboxylic acid groups (broad SMARTS) is 1. The highest BCUT2D eigenvalue weighted by Crippen LogP contribution is 2.18. The molecule has 0 amide bonds. The molecule has 0 saturated carbocycles. The van der Waals surface area contributed by atoms with E-state index in [2.05, 4.69) is 15.8 Å². The minimum Gasteiger partial charge on any atom is -0.497 e. The van der Waals surface area contributed by atoms with Gasteiger partial charge < -0.3 is 15.2 Å². The maximum Gasteiger partial charge on any atom is 0.345 e. The molecule has 0 aliphatic heterocycles. The third-order valence-corrected chi connectivity index (χ3v) is 4.20. The third kappa shape index (κ3) is 4.76. The van der Waals surface area contributed by atoms with Crippen LogP contribution in [0.15, 0.2) is 41.5 Å². The number of hydrogen-bond acceptors (Lipinski definition) is 5. The zero-order valence-corrected chi connectivity index (χ0v) is 14.1. The molecular formula is C15H15N3O3S2. The van der Waals surface area contributed by atoms with Crippen LogP contribution in [0.3, 0.4) is 0 Å². The van der Waals surface area contributed by atoms with Crippen molar-refractivity contribution in [3.63, 3.8) is 0 Å². The summed E-state index contributed by atoms with van der Waals surface area (Å²) >= 11 is 6.33. The molecule has 0 aliphatic carbocycles. The van der Waals surface area contributed by atoms with Crippen LogP contribution >= 0.6 is 23.6 Å². The normalized spacial score (nSPS) is 11.0. The lowest BCUT2D eigenvalue weighted by atomic mass is 10.3. The van der Waals surface area contributed by atoms with Crippen molar-refractivity contribution in [3.05, 3.63) is 46.2 Å². The fourth-order valence-electron chi connectivity index (χ4n) is 1.70. The first kappa shape index (κ1) is 16.9. The van der Waals surface area contributed by atoms with E-state index in [1.807, 2.05) is 24.3 Å². The van der Waals surface area contributed by atoms with Gasteiger partial charge in [0.1, 0.15) is 10.6 Å². The van der Waals surface area contributed by atoms with Crippen LogP contribution in [0.2, 0.25) is 0 Å². The summed E-state index contributed by atoms with van der Waals surface area (Å²) < 4.78 is 5.14. The summed E-state index contributed by atoms with van der Waals surface area (Å²) in [4.78, 5) is 11.9. The van der Waals surface area contributed by atoms with Crippen LogP contribution in [0.25, 0.3) is 0 Å². The Labute approximate surface area is 142 Å². The molecule has 2 rings (SSSR count). The average molecular weight is 349 g/mol. The molecule has 0 atom stereocenters. The number of aromatic carboxylic acids is 1. The van der Waals surface area contributed by atoms with Crippen molar-refractivity contribution in [1.82, 2.24) is 5.43 Å². The second-order valence-electron chi connectivity index (χ2n) is 4.46. The number of ether oxygens (including phenoxy) is 1. The van der Waals surface area contributed by atoms with Crippen LogP contribution in [-0.4, -0.2) is 29.0 Å². The van der Waals surface area contributed by atoms with Crippen LogP contribution in [0.4, 0.5) is 5.69 Å². The Kier molecular flexibility index (Phi) is 5.67. The second kappa shape index (κ2) is 7.70. The summed E-state index contributed by atoms with van der Waals surface area (Å²) in [5.41, 5.74) is 4.16. The van der Waals surface area contributed by atoms with Crippen LogP contribution in [0.5, 0.6) is 5.75 Å². The van der Waals surface area contributed by atoms with Crippen molar-refractivity contribution in [2.45, 2.75) is 6.92 Å². The number of rotatable bonds is 5. The zero-order valence-electron chi connectivity index (χ0n) is 12.5. The smallest absolute Gasteiger partial charge is 0.345 e. The number of hydrogen-bond donors (Lipinski definition) is 3. The molecule has 0 spiro atoms. The monoisotopic (exact) mass is 349 g/mol. The van der Waals surface area contributed by atoms with Gasteiger partial charge in [0.15, 0.2) is 5.11 Å². The number of hydrazone groups is 1. The van der Waals surface area contributed by atoms with Gasteiger partial charge in [-0.3, -0.25) is 5.43 Å². The van der Waals surface area contributed by atoms with E-state index in [4.69, 9.17) is 22.1 Å². The molecule has 120 valence electrons. The quantitative estimate of drug-likeness (QED) is 0.437. The number of carboxylic acids is 1. The predicted molar refractivity (Wildman–Crippen MR) is 95.8 cm³/mol. The summed E-state index contributed by atoms with van der Waals surface area (Å²) in [7, 11) is 1.59. The first-order valence-corrected chi connectivity index (χ1v) is 7.81. The van der Waals surface area contributed by atoms with Gasteiger partial charge in [0.05, 0.1) is 17.7 Å². The van der Waals surface area contributed by atoms with Gasteiger partial charge in [0.25, 0.3) is 0 Å². The summed E-state index contributed by atoms with van der Waals surface area (Å²) in [6, 6.07) is 10.6. The van der Waals surface area contributed by atoms with Gasteiger partial charge in [-0.1, -0.05) is 6.07 Å². The van der Waals surface area contributed by atoms with Crippen molar-refractivity contribution in [2.75, 3.05) is 12.4 Å². The Morgan fingerprint density at radius 2 is 2.04 bits per heavy atom. The molecule has 0 saturated heterocycles. The fourth-order valence-corrected chi connectivity index (χ4v) is 2.65. The van der Waals surface area contributed by atoms with E-state index in [-0.39, 0.29) is 4.88 Å². The van der Waals surface area contributed by atoms with E-state index in [9.17, 15) is 4.79 Å². The maximum atomic E-state index is 10.9. The van der Waals surface area contributed by atoms with Crippen molar-refractivity contribution in [2.24, 2.45) is 5.10 Å². The van der Waals surface area contributed by atoms with Crippen LogP contribution in [-0.2, 0) is 0 Å². The summed E-state index contributed by atoms with van der Waals surface area (Å²) in [6.07, 6.45) is 0. The van der Waals surface area contributed by atoms with Crippen molar-refractivity contribution < 1.29 is 14.6 Å². The van der Waals surface area contributed by atoms with Crippen molar-refractivity contribution in [3.8, 4) is 5.75 Å². The number of anilines is 1. The number of carbonyl (C=O) groups is 1. The molecule has 1 aromatic heterocycles. The Morgan fingerprint density at radius 3 is 2.70 bits per heavy atom. The molecule has 0 bridgehead atoms. The van der Waals surface area contributed by atoms with Gasteiger partial charge in [-0.25, -0.2) is 4.79 Å². The number of thiophene rings is 1. The molecule has 1 aromatic carbocycles. The van der Waals surface area contributed by atoms with Gasteiger partial charge >= 0.3 is 5.97 Å². The van der Waals surface area contributed by atoms with Crippen molar-refractivity contribution in [1.29, 1.82) is 0 Å². The summed E-state index contributed by atoms with van der Waals surface area (Å²) in [5.74, 6) is -0.227. The minimum atomic E-state index is -0.947. The molecule has 8 heteroatoms. The Hall–Kier alpha value is -2.45. The van der Waals surface area contributed by atoms with E-state index < -0.39 is 5.97 Å². The number of nitrogens with zero attached hydrogens (tertiary/aromatic N) is 1. The van der Waals surface area contributed by atoms with Crippen LogP contribution in [0, 0.1) is 0 Å².